The molecule has 3 nitrogen and oxygen atoms in total. The van der Waals surface area contributed by atoms with Crippen LogP contribution in [0.15, 0.2) is 24.3 Å². The van der Waals surface area contributed by atoms with E-state index in [1.54, 1.807) is 0 Å². The highest BCUT2D eigenvalue weighted by molar-refractivity contribution is 5.67. The molecule has 1 aromatic carbocycles. The molecule has 0 aliphatic heterocycles. The molecule has 0 bridgehead atoms. The van der Waals surface area contributed by atoms with Crippen molar-refractivity contribution >= 4 is 11.7 Å². The Bertz CT molecular complexity index is 455. The van der Waals surface area contributed by atoms with Crippen molar-refractivity contribution in [1.29, 1.82) is 0 Å². The molecular formula is C18H27NO2. The molecule has 3 heteroatoms. The van der Waals surface area contributed by atoms with Crippen LogP contribution < -0.4 is 4.90 Å². The summed E-state index contributed by atoms with van der Waals surface area (Å²) in [4.78, 5) is 13.3. The van der Waals surface area contributed by atoms with Crippen LogP contribution in [0.3, 0.4) is 0 Å². The first kappa shape index (κ1) is 15.9. The van der Waals surface area contributed by atoms with Gasteiger partial charge in [-0.1, -0.05) is 43.9 Å². The number of nitrogens with zero attached hydrogens (tertiary/aromatic N) is 1. The number of hydrogen-bond acceptors (Lipinski definition) is 2. The first-order chi connectivity index (χ1) is 10.1. The fourth-order valence-electron chi connectivity index (χ4n) is 3.39. The van der Waals surface area contributed by atoms with E-state index in [-0.39, 0.29) is 6.42 Å². The third-order valence-electron chi connectivity index (χ3n) is 4.71. The molecular weight excluding hydrogens is 262 g/mol. The maximum atomic E-state index is 11.0. The summed E-state index contributed by atoms with van der Waals surface area (Å²) in [5.74, 6) is 0.0801. The number of benzene rings is 1. The standard InChI is InChI=1S/C18H27NO2/c1-3-15-5-4-6-17(13-15)19(12-11-18(20)21)16-9-7-14(2)8-10-16/h7-10,15,17H,3-6,11-13H2,1-2H3,(H,20,21). The summed E-state index contributed by atoms with van der Waals surface area (Å²) in [5.41, 5.74) is 2.41. The minimum absolute atomic E-state index is 0.209. The predicted molar refractivity (Wildman–Crippen MR) is 86.8 cm³/mol. The van der Waals surface area contributed by atoms with E-state index in [1.807, 2.05) is 0 Å². The molecule has 1 N–H and O–H groups in total. The van der Waals surface area contributed by atoms with Gasteiger partial charge in [0.2, 0.25) is 0 Å². The van der Waals surface area contributed by atoms with Crippen molar-refractivity contribution < 1.29 is 9.90 Å². The lowest BCUT2D eigenvalue weighted by molar-refractivity contribution is -0.136. The highest BCUT2D eigenvalue weighted by atomic mass is 16.4. The Balaban J connectivity index is 2.14. The lowest BCUT2D eigenvalue weighted by Crippen LogP contribution is -2.40. The number of anilines is 1. The zero-order chi connectivity index (χ0) is 15.2. The summed E-state index contributed by atoms with van der Waals surface area (Å²) in [7, 11) is 0. The van der Waals surface area contributed by atoms with Gasteiger partial charge >= 0.3 is 5.97 Å². The minimum Gasteiger partial charge on any atom is -0.481 e. The van der Waals surface area contributed by atoms with Crippen LogP contribution in [-0.4, -0.2) is 23.7 Å². The van der Waals surface area contributed by atoms with Crippen LogP contribution >= 0.6 is 0 Å². The quantitative estimate of drug-likeness (QED) is 0.851. The van der Waals surface area contributed by atoms with E-state index < -0.39 is 5.97 Å². The summed E-state index contributed by atoms with van der Waals surface area (Å²) in [6.07, 6.45) is 6.42. The van der Waals surface area contributed by atoms with E-state index >= 15 is 0 Å². The molecule has 2 atom stereocenters. The molecule has 21 heavy (non-hydrogen) atoms. The summed E-state index contributed by atoms with van der Waals surface area (Å²) >= 11 is 0. The van der Waals surface area contributed by atoms with E-state index in [0.29, 0.717) is 12.6 Å². The van der Waals surface area contributed by atoms with Gasteiger partial charge in [0.25, 0.3) is 0 Å². The average molecular weight is 289 g/mol. The molecule has 0 saturated heterocycles. The fourth-order valence-corrected chi connectivity index (χ4v) is 3.39. The Morgan fingerprint density at radius 2 is 2.00 bits per heavy atom. The smallest absolute Gasteiger partial charge is 0.305 e. The maximum Gasteiger partial charge on any atom is 0.305 e. The molecule has 116 valence electrons. The molecule has 0 spiro atoms. The van der Waals surface area contributed by atoms with Crippen LogP contribution in [0.25, 0.3) is 0 Å². The molecule has 0 heterocycles. The van der Waals surface area contributed by atoms with Gasteiger partial charge in [0.15, 0.2) is 0 Å². The van der Waals surface area contributed by atoms with Crippen LogP contribution in [0.1, 0.15) is 51.0 Å². The van der Waals surface area contributed by atoms with Gasteiger partial charge in [0, 0.05) is 18.3 Å². The number of carboxylic acids is 1. The van der Waals surface area contributed by atoms with E-state index in [4.69, 9.17) is 5.11 Å². The van der Waals surface area contributed by atoms with Gasteiger partial charge in [0.1, 0.15) is 0 Å². The summed E-state index contributed by atoms with van der Waals surface area (Å²) < 4.78 is 0. The number of carbonyl (C=O) groups is 1. The highest BCUT2D eigenvalue weighted by Gasteiger charge is 2.26. The number of hydrogen-bond donors (Lipinski definition) is 1. The minimum atomic E-state index is -0.713. The lowest BCUT2D eigenvalue weighted by Gasteiger charge is -2.39. The molecule has 1 fully saturated rings. The Kier molecular flexibility index (Phi) is 5.66. The van der Waals surface area contributed by atoms with E-state index in [9.17, 15) is 4.79 Å². The van der Waals surface area contributed by atoms with Crippen molar-refractivity contribution in [3.63, 3.8) is 0 Å². The highest BCUT2D eigenvalue weighted by Crippen LogP contribution is 2.32. The van der Waals surface area contributed by atoms with Crippen molar-refractivity contribution in [2.45, 2.75) is 58.4 Å². The van der Waals surface area contributed by atoms with Crippen molar-refractivity contribution in [1.82, 2.24) is 0 Å². The third-order valence-corrected chi connectivity index (χ3v) is 4.71. The Morgan fingerprint density at radius 1 is 1.29 bits per heavy atom. The van der Waals surface area contributed by atoms with Crippen LogP contribution in [0.2, 0.25) is 0 Å². The van der Waals surface area contributed by atoms with E-state index in [1.165, 1.54) is 43.4 Å². The molecule has 2 rings (SSSR count). The van der Waals surface area contributed by atoms with Crippen LogP contribution in [-0.2, 0) is 4.79 Å². The number of aryl methyl sites for hydroxylation is 1. The zero-order valence-electron chi connectivity index (χ0n) is 13.2. The summed E-state index contributed by atoms with van der Waals surface area (Å²) in [6.45, 7) is 4.96. The van der Waals surface area contributed by atoms with Gasteiger partial charge in [-0.2, -0.15) is 0 Å². The molecule has 1 aromatic rings. The number of carboxylic acid groups (broad SMARTS) is 1. The van der Waals surface area contributed by atoms with Gasteiger partial charge in [0.05, 0.1) is 6.42 Å². The van der Waals surface area contributed by atoms with Gasteiger partial charge in [-0.3, -0.25) is 4.79 Å². The predicted octanol–water partition coefficient (Wildman–Crippen LogP) is 4.24. The SMILES string of the molecule is CCC1CCCC(N(CCC(=O)O)c2ccc(C)cc2)C1. The third kappa shape index (κ3) is 4.48. The van der Waals surface area contributed by atoms with Gasteiger partial charge in [-0.25, -0.2) is 0 Å². The van der Waals surface area contributed by atoms with Crippen LogP contribution in [0.5, 0.6) is 0 Å². The van der Waals surface area contributed by atoms with Gasteiger partial charge < -0.3 is 10.0 Å². The van der Waals surface area contributed by atoms with Crippen LogP contribution in [0.4, 0.5) is 5.69 Å². The molecule has 2 unspecified atom stereocenters. The van der Waals surface area contributed by atoms with E-state index in [0.717, 1.165) is 5.92 Å². The number of rotatable bonds is 6. The van der Waals surface area contributed by atoms with Gasteiger partial charge in [-0.05, 0) is 37.8 Å². The molecule has 0 amide bonds. The molecule has 1 aliphatic rings. The van der Waals surface area contributed by atoms with Crippen molar-refractivity contribution in [3.8, 4) is 0 Å². The van der Waals surface area contributed by atoms with Gasteiger partial charge in [-0.15, -0.1) is 0 Å². The average Bonchev–Trinajstić information content (AvgIpc) is 2.49. The first-order valence-electron chi connectivity index (χ1n) is 8.15. The van der Waals surface area contributed by atoms with Crippen LogP contribution in [0, 0.1) is 12.8 Å². The second-order valence-electron chi connectivity index (χ2n) is 6.27. The van der Waals surface area contributed by atoms with Crippen molar-refractivity contribution in [2.24, 2.45) is 5.92 Å². The lowest BCUT2D eigenvalue weighted by atomic mass is 9.83. The fraction of sp³-hybridized carbons (Fsp3) is 0.611. The Hall–Kier alpha value is -1.51. The second kappa shape index (κ2) is 7.48. The monoisotopic (exact) mass is 289 g/mol. The summed E-state index contributed by atoms with van der Waals surface area (Å²) in [6, 6.07) is 8.98. The Morgan fingerprint density at radius 3 is 2.62 bits per heavy atom. The normalized spacial score (nSPS) is 22.0. The number of aliphatic carboxylic acids is 1. The Labute approximate surface area is 128 Å². The zero-order valence-corrected chi connectivity index (χ0v) is 13.2. The second-order valence-corrected chi connectivity index (χ2v) is 6.27. The first-order valence-corrected chi connectivity index (χ1v) is 8.15. The van der Waals surface area contributed by atoms with E-state index in [2.05, 4.69) is 43.0 Å². The van der Waals surface area contributed by atoms with Crippen molar-refractivity contribution in [3.05, 3.63) is 29.8 Å². The van der Waals surface area contributed by atoms with Crippen molar-refractivity contribution in [2.75, 3.05) is 11.4 Å². The summed E-state index contributed by atoms with van der Waals surface area (Å²) in [5, 5.41) is 9.02. The largest absolute Gasteiger partial charge is 0.481 e. The molecule has 0 radical (unpaired) electrons. The topological polar surface area (TPSA) is 40.5 Å². The molecule has 1 aliphatic carbocycles. The maximum absolute atomic E-state index is 11.0. The molecule has 1 saturated carbocycles. The molecule has 0 aromatic heterocycles.